The summed E-state index contributed by atoms with van der Waals surface area (Å²) < 4.78 is 30.5. The molecule has 27 heavy (non-hydrogen) atoms. The number of hydrogen-bond acceptors (Lipinski definition) is 6. The first-order valence-electron chi connectivity index (χ1n) is 8.96. The third-order valence-corrected chi connectivity index (χ3v) is 7.41. The molecule has 0 spiro atoms. The summed E-state index contributed by atoms with van der Waals surface area (Å²) in [5.74, 6) is 0.146. The Kier molecular flexibility index (Phi) is 4.30. The Balaban J connectivity index is 1.43. The van der Waals surface area contributed by atoms with Crippen molar-refractivity contribution >= 4 is 15.9 Å². The minimum atomic E-state index is -3.57. The second-order valence-corrected chi connectivity index (χ2v) is 9.08. The molecule has 0 atom stereocenters. The van der Waals surface area contributed by atoms with Gasteiger partial charge in [-0.1, -0.05) is 5.21 Å². The number of nitrogens with zero attached hydrogens (tertiary/aromatic N) is 7. The van der Waals surface area contributed by atoms with E-state index in [1.54, 1.807) is 41.4 Å². The van der Waals surface area contributed by atoms with E-state index in [1.807, 2.05) is 0 Å². The van der Waals surface area contributed by atoms with Crippen LogP contribution >= 0.6 is 0 Å². The third-order valence-electron chi connectivity index (χ3n) is 5.33. The molecule has 2 aromatic heterocycles. The lowest BCUT2D eigenvalue weighted by Crippen LogP contribution is -2.50. The van der Waals surface area contributed by atoms with Crippen LogP contribution < -0.4 is 0 Å². The van der Waals surface area contributed by atoms with E-state index in [0.29, 0.717) is 37.4 Å². The van der Waals surface area contributed by atoms with Gasteiger partial charge in [0.1, 0.15) is 10.6 Å². The van der Waals surface area contributed by atoms with Crippen LogP contribution in [0.5, 0.6) is 0 Å². The summed E-state index contributed by atoms with van der Waals surface area (Å²) >= 11 is 0. The highest BCUT2D eigenvalue weighted by atomic mass is 32.2. The summed E-state index contributed by atoms with van der Waals surface area (Å²) in [4.78, 5) is 13.8. The van der Waals surface area contributed by atoms with Gasteiger partial charge >= 0.3 is 0 Å². The average molecular weight is 393 g/mol. The van der Waals surface area contributed by atoms with Crippen LogP contribution in [-0.4, -0.2) is 67.9 Å². The summed E-state index contributed by atoms with van der Waals surface area (Å²) in [5.41, 5.74) is 1.87. The Morgan fingerprint density at radius 3 is 2.59 bits per heavy atom. The van der Waals surface area contributed by atoms with Gasteiger partial charge in [-0.25, -0.2) is 13.1 Å². The van der Waals surface area contributed by atoms with Crippen LogP contribution in [0.15, 0.2) is 11.1 Å². The molecule has 0 saturated carbocycles. The van der Waals surface area contributed by atoms with E-state index in [4.69, 9.17) is 0 Å². The zero-order valence-corrected chi connectivity index (χ0v) is 16.5. The molecule has 1 amide bonds. The van der Waals surface area contributed by atoms with Crippen LogP contribution in [0.1, 0.15) is 36.0 Å². The van der Waals surface area contributed by atoms with Crippen LogP contribution in [0.3, 0.4) is 0 Å². The highest BCUT2D eigenvalue weighted by Crippen LogP contribution is 2.30. The van der Waals surface area contributed by atoms with Crippen LogP contribution in [0.4, 0.5) is 0 Å². The van der Waals surface area contributed by atoms with Gasteiger partial charge in [-0.15, -0.1) is 5.10 Å². The van der Waals surface area contributed by atoms with Gasteiger partial charge < -0.3 is 4.90 Å². The number of aromatic nitrogens is 5. The summed E-state index contributed by atoms with van der Waals surface area (Å²) in [6, 6.07) is -0.0485. The van der Waals surface area contributed by atoms with E-state index < -0.39 is 10.0 Å². The fraction of sp³-hybridized carbons (Fsp3) is 0.625. The monoisotopic (exact) mass is 393 g/mol. The lowest BCUT2D eigenvalue weighted by molar-refractivity contribution is -0.128. The molecule has 4 heterocycles. The lowest BCUT2D eigenvalue weighted by Gasteiger charge is -2.37. The van der Waals surface area contributed by atoms with Crippen molar-refractivity contribution in [1.29, 1.82) is 0 Å². The van der Waals surface area contributed by atoms with E-state index in [2.05, 4.69) is 15.4 Å². The van der Waals surface area contributed by atoms with E-state index in [9.17, 15) is 13.2 Å². The number of aryl methyl sites for hydroxylation is 2. The Labute approximate surface area is 157 Å². The highest BCUT2D eigenvalue weighted by molar-refractivity contribution is 7.89. The number of hydrogen-bond donors (Lipinski definition) is 0. The first kappa shape index (κ1) is 18.1. The second-order valence-electron chi connectivity index (χ2n) is 7.21. The van der Waals surface area contributed by atoms with Gasteiger partial charge in [-0.05, 0) is 20.3 Å². The van der Waals surface area contributed by atoms with Gasteiger partial charge in [-0.2, -0.15) is 9.40 Å². The van der Waals surface area contributed by atoms with Crippen LogP contribution in [0, 0.1) is 13.8 Å². The SMILES string of the molecule is Cc1nn(C)c(C)c1S(=O)(=O)N1CC(n2cc(CN3CCCC3=O)nn2)C1. The Bertz CT molecular complexity index is 988. The van der Waals surface area contributed by atoms with Crippen molar-refractivity contribution in [2.24, 2.45) is 7.05 Å². The van der Waals surface area contributed by atoms with E-state index in [1.165, 1.54) is 4.31 Å². The predicted octanol–water partition coefficient (Wildman–Crippen LogP) is -0.00356. The zero-order valence-electron chi connectivity index (χ0n) is 15.7. The van der Waals surface area contributed by atoms with Crippen molar-refractivity contribution in [3.05, 3.63) is 23.3 Å². The first-order valence-corrected chi connectivity index (χ1v) is 10.4. The maximum absolute atomic E-state index is 12.9. The molecule has 2 saturated heterocycles. The molecule has 2 aliphatic heterocycles. The number of carbonyl (C=O) groups excluding carboxylic acids is 1. The molecule has 2 aliphatic rings. The molecule has 2 fully saturated rings. The molecule has 10 nitrogen and oxygen atoms in total. The van der Waals surface area contributed by atoms with Crippen molar-refractivity contribution in [2.75, 3.05) is 19.6 Å². The molecule has 0 aliphatic carbocycles. The number of likely N-dealkylation sites (tertiary alicyclic amines) is 1. The minimum Gasteiger partial charge on any atom is -0.337 e. The molecule has 0 N–H and O–H groups in total. The molecule has 146 valence electrons. The third kappa shape index (κ3) is 3.04. The van der Waals surface area contributed by atoms with Crippen LogP contribution in [-0.2, 0) is 28.4 Å². The van der Waals surface area contributed by atoms with E-state index in [-0.39, 0.29) is 16.8 Å². The highest BCUT2D eigenvalue weighted by Gasteiger charge is 2.40. The second kappa shape index (κ2) is 6.41. The van der Waals surface area contributed by atoms with Gasteiger partial charge in [0.2, 0.25) is 15.9 Å². The zero-order chi connectivity index (χ0) is 19.3. The van der Waals surface area contributed by atoms with Crippen molar-refractivity contribution in [1.82, 2.24) is 34.0 Å². The molecule has 11 heteroatoms. The minimum absolute atomic E-state index is 0.0485. The average Bonchev–Trinajstić information content (AvgIpc) is 3.21. The quantitative estimate of drug-likeness (QED) is 0.708. The van der Waals surface area contributed by atoms with Gasteiger partial charge in [0, 0.05) is 33.1 Å². The van der Waals surface area contributed by atoms with Gasteiger partial charge in [0.15, 0.2) is 0 Å². The Morgan fingerprint density at radius 1 is 1.26 bits per heavy atom. The Morgan fingerprint density at radius 2 is 2.00 bits per heavy atom. The number of sulfonamides is 1. The molecule has 0 unspecified atom stereocenters. The summed E-state index contributed by atoms with van der Waals surface area (Å²) in [6.45, 7) is 5.38. The number of carbonyl (C=O) groups is 1. The van der Waals surface area contributed by atoms with E-state index in [0.717, 1.165) is 18.7 Å². The van der Waals surface area contributed by atoms with Crippen LogP contribution in [0.25, 0.3) is 0 Å². The standard InChI is InChI=1S/C16H23N7O3S/c1-11-16(12(2)20(3)18-11)27(25,26)22-9-14(10-22)23-8-13(17-19-23)7-21-6-4-5-15(21)24/h8,14H,4-7,9-10H2,1-3H3. The molecule has 4 rings (SSSR count). The van der Waals surface area contributed by atoms with Gasteiger partial charge in [-0.3, -0.25) is 9.48 Å². The molecule has 2 aromatic rings. The molecule has 0 aromatic carbocycles. The van der Waals surface area contributed by atoms with Crippen LogP contribution in [0.2, 0.25) is 0 Å². The fourth-order valence-corrected chi connectivity index (χ4v) is 5.58. The van der Waals surface area contributed by atoms with Crippen molar-refractivity contribution in [3.8, 4) is 0 Å². The maximum atomic E-state index is 12.9. The molecular weight excluding hydrogens is 370 g/mol. The molecule has 0 bridgehead atoms. The van der Waals surface area contributed by atoms with Gasteiger partial charge in [0.25, 0.3) is 0 Å². The summed E-state index contributed by atoms with van der Waals surface area (Å²) in [6.07, 6.45) is 3.28. The smallest absolute Gasteiger partial charge is 0.246 e. The maximum Gasteiger partial charge on any atom is 0.246 e. The fourth-order valence-electron chi connectivity index (χ4n) is 3.67. The lowest BCUT2D eigenvalue weighted by atomic mass is 10.2. The summed E-state index contributed by atoms with van der Waals surface area (Å²) in [5, 5.41) is 12.5. The Hall–Kier alpha value is -2.27. The number of rotatable bonds is 5. The number of amides is 1. The van der Waals surface area contributed by atoms with Crippen molar-refractivity contribution < 1.29 is 13.2 Å². The molecule has 0 radical (unpaired) electrons. The normalized spacial score (nSPS) is 19.1. The van der Waals surface area contributed by atoms with Crippen molar-refractivity contribution in [3.63, 3.8) is 0 Å². The van der Waals surface area contributed by atoms with E-state index >= 15 is 0 Å². The predicted molar refractivity (Wildman–Crippen MR) is 95.2 cm³/mol. The topological polar surface area (TPSA) is 106 Å². The summed E-state index contributed by atoms with van der Waals surface area (Å²) in [7, 11) is -1.83. The first-order chi connectivity index (χ1) is 12.8. The largest absolute Gasteiger partial charge is 0.337 e. The van der Waals surface area contributed by atoms with Gasteiger partial charge in [0.05, 0.1) is 30.2 Å². The van der Waals surface area contributed by atoms with Crippen molar-refractivity contribution in [2.45, 2.75) is 44.2 Å². The molecular formula is C16H23N7O3S.